The van der Waals surface area contributed by atoms with Crippen LogP contribution in [0.4, 0.5) is 5.13 Å². The van der Waals surface area contributed by atoms with Crippen LogP contribution in [0.25, 0.3) is 6.08 Å². The summed E-state index contributed by atoms with van der Waals surface area (Å²) in [6.45, 7) is 1.73. The zero-order valence-corrected chi connectivity index (χ0v) is 15.6. The lowest BCUT2D eigenvalue weighted by Crippen LogP contribution is -2.21. The molecule has 0 aliphatic heterocycles. The highest BCUT2D eigenvalue weighted by molar-refractivity contribution is 7.17. The zero-order chi connectivity index (χ0) is 17.9. The number of carbonyl (C=O) groups is 2. The van der Waals surface area contributed by atoms with Gasteiger partial charge in [-0.1, -0.05) is 40.6 Å². The molecule has 1 aromatic carbocycles. The van der Waals surface area contributed by atoms with Crippen LogP contribution < -0.4 is 5.32 Å². The Labute approximate surface area is 153 Å². The highest BCUT2D eigenvalue weighted by Gasteiger charge is 2.17. The number of aromatic nitrogens is 1. The van der Waals surface area contributed by atoms with Crippen LogP contribution in [0.2, 0.25) is 10.0 Å². The number of benzene rings is 1. The van der Waals surface area contributed by atoms with Crippen molar-refractivity contribution in [1.82, 2.24) is 9.88 Å². The van der Waals surface area contributed by atoms with E-state index in [2.05, 4.69) is 10.3 Å². The maximum absolute atomic E-state index is 12.0. The third kappa shape index (κ3) is 4.56. The molecule has 8 heteroatoms. The third-order valence-electron chi connectivity index (χ3n) is 3.00. The lowest BCUT2D eigenvalue weighted by molar-refractivity contribution is -0.111. The first-order valence-electron chi connectivity index (χ1n) is 6.91. The van der Waals surface area contributed by atoms with Gasteiger partial charge in [0.1, 0.15) is 4.88 Å². The molecule has 1 heterocycles. The molecule has 0 saturated heterocycles. The average molecular weight is 384 g/mol. The van der Waals surface area contributed by atoms with E-state index in [9.17, 15) is 9.59 Å². The fourth-order valence-electron chi connectivity index (χ4n) is 1.79. The molecule has 5 nitrogen and oxygen atoms in total. The van der Waals surface area contributed by atoms with Gasteiger partial charge in [0.05, 0.1) is 15.7 Å². The van der Waals surface area contributed by atoms with E-state index in [0.717, 1.165) is 16.9 Å². The Morgan fingerprint density at radius 3 is 2.58 bits per heavy atom. The predicted molar refractivity (Wildman–Crippen MR) is 99.0 cm³/mol. The molecule has 2 rings (SSSR count). The standard InChI is InChI=1S/C16H15Cl2N3O2S/c1-9-14(15(23)21(2)3)24-16(19-9)20-13(22)7-5-10-4-6-11(17)12(18)8-10/h4-8H,1-3H3,(H,19,20,22). The normalized spacial score (nSPS) is 10.9. The van der Waals surface area contributed by atoms with Gasteiger partial charge in [-0.3, -0.25) is 14.9 Å². The fourth-order valence-corrected chi connectivity index (χ4v) is 3.08. The molecule has 1 N–H and O–H groups in total. The largest absolute Gasteiger partial charge is 0.344 e. The summed E-state index contributed by atoms with van der Waals surface area (Å²) in [6.07, 6.45) is 2.98. The molecule has 0 aliphatic carbocycles. The number of carbonyl (C=O) groups excluding carboxylic acids is 2. The summed E-state index contributed by atoms with van der Waals surface area (Å²) < 4.78 is 0. The summed E-state index contributed by atoms with van der Waals surface area (Å²) in [4.78, 5) is 30.1. The number of hydrogen-bond acceptors (Lipinski definition) is 4. The molecule has 126 valence electrons. The van der Waals surface area contributed by atoms with Gasteiger partial charge in [0.25, 0.3) is 5.91 Å². The van der Waals surface area contributed by atoms with Gasteiger partial charge in [-0.25, -0.2) is 4.98 Å². The predicted octanol–water partition coefficient (Wildman–Crippen LogP) is 4.11. The van der Waals surface area contributed by atoms with E-state index in [4.69, 9.17) is 23.2 Å². The monoisotopic (exact) mass is 383 g/mol. The van der Waals surface area contributed by atoms with Crippen LogP contribution in [-0.2, 0) is 4.79 Å². The molecular weight excluding hydrogens is 369 g/mol. The van der Waals surface area contributed by atoms with Crippen molar-refractivity contribution in [3.8, 4) is 0 Å². The average Bonchev–Trinajstić information content (AvgIpc) is 2.88. The van der Waals surface area contributed by atoms with Gasteiger partial charge in [0.15, 0.2) is 5.13 Å². The van der Waals surface area contributed by atoms with E-state index >= 15 is 0 Å². The lowest BCUT2D eigenvalue weighted by Gasteiger charge is -2.07. The van der Waals surface area contributed by atoms with Crippen molar-refractivity contribution in [1.29, 1.82) is 0 Å². The Morgan fingerprint density at radius 1 is 1.25 bits per heavy atom. The number of anilines is 1. The second-order valence-electron chi connectivity index (χ2n) is 5.13. The number of nitrogens with one attached hydrogen (secondary N) is 1. The Hall–Kier alpha value is -1.89. The quantitative estimate of drug-likeness (QED) is 0.807. The van der Waals surface area contributed by atoms with Crippen molar-refractivity contribution in [2.45, 2.75) is 6.92 Å². The van der Waals surface area contributed by atoms with Gasteiger partial charge in [-0.2, -0.15) is 0 Å². The molecule has 1 aromatic heterocycles. The van der Waals surface area contributed by atoms with Crippen LogP contribution >= 0.6 is 34.5 Å². The van der Waals surface area contributed by atoms with E-state index in [0.29, 0.717) is 25.7 Å². The number of thiazole rings is 1. The molecule has 0 radical (unpaired) electrons. The second-order valence-corrected chi connectivity index (χ2v) is 6.94. The molecule has 0 spiro atoms. The maximum Gasteiger partial charge on any atom is 0.265 e. The molecule has 24 heavy (non-hydrogen) atoms. The minimum Gasteiger partial charge on any atom is -0.344 e. The first kappa shape index (κ1) is 18.4. The Kier molecular flexibility index (Phi) is 5.99. The van der Waals surface area contributed by atoms with Crippen molar-refractivity contribution in [2.75, 3.05) is 19.4 Å². The SMILES string of the molecule is Cc1nc(NC(=O)C=Cc2ccc(Cl)c(Cl)c2)sc1C(=O)N(C)C. The topological polar surface area (TPSA) is 62.3 Å². The molecule has 0 saturated carbocycles. The van der Waals surface area contributed by atoms with Crippen LogP contribution in [0, 0.1) is 6.92 Å². The Bertz CT molecular complexity index is 816. The second kappa shape index (κ2) is 7.79. The van der Waals surface area contributed by atoms with Crippen molar-refractivity contribution >= 4 is 57.6 Å². The number of halogens is 2. The van der Waals surface area contributed by atoms with E-state index in [1.165, 1.54) is 11.0 Å². The maximum atomic E-state index is 12.0. The summed E-state index contributed by atoms with van der Waals surface area (Å²) >= 11 is 12.9. The summed E-state index contributed by atoms with van der Waals surface area (Å²) in [6, 6.07) is 5.07. The van der Waals surface area contributed by atoms with Crippen LogP contribution in [-0.4, -0.2) is 35.8 Å². The highest BCUT2D eigenvalue weighted by atomic mass is 35.5. The summed E-state index contributed by atoms with van der Waals surface area (Å²) in [5.74, 6) is -0.490. The Morgan fingerprint density at radius 2 is 1.96 bits per heavy atom. The molecule has 0 unspecified atom stereocenters. The highest BCUT2D eigenvalue weighted by Crippen LogP contribution is 2.24. The molecule has 2 aromatic rings. The molecule has 0 atom stereocenters. The van der Waals surface area contributed by atoms with Gasteiger partial charge in [0.2, 0.25) is 5.91 Å². The van der Waals surface area contributed by atoms with Gasteiger partial charge < -0.3 is 4.90 Å². The smallest absolute Gasteiger partial charge is 0.265 e. The van der Waals surface area contributed by atoms with Gasteiger partial charge in [-0.05, 0) is 30.7 Å². The third-order valence-corrected chi connectivity index (χ3v) is 4.80. The summed E-state index contributed by atoms with van der Waals surface area (Å²) in [5.41, 5.74) is 1.33. The zero-order valence-electron chi connectivity index (χ0n) is 13.3. The number of amides is 2. The molecule has 0 aliphatic rings. The van der Waals surface area contributed by atoms with Crippen molar-refractivity contribution in [3.63, 3.8) is 0 Å². The van der Waals surface area contributed by atoms with Crippen molar-refractivity contribution < 1.29 is 9.59 Å². The van der Waals surface area contributed by atoms with E-state index in [1.54, 1.807) is 45.3 Å². The summed E-state index contributed by atoms with van der Waals surface area (Å²) in [5, 5.41) is 3.89. The number of rotatable bonds is 4. The number of nitrogens with zero attached hydrogens (tertiary/aromatic N) is 2. The van der Waals surface area contributed by atoms with Crippen LogP contribution in [0.15, 0.2) is 24.3 Å². The first-order valence-corrected chi connectivity index (χ1v) is 8.48. The van der Waals surface area contributed by atoms with Gasteiger partial charge in [0, 0.05) is 20.2 Å². The number of hydrogen-bond donors (Lipinski definition) is 1. The molecular formula is C16H15Cl2N3O2S. The van der Waals surface area contributed by atoms with E-state index < -0.39 is 0 Å². The lowest BCUT2D eigenvalue weighted by atomic mass is 10.2. The number of aryl methyl sites for hydroxylation is 1. The van der Waals surface area contributed by atoms with E-state index in [-0.39, 0.29) is 11.8 Å². The van der Waals surface area contributed by atoms with Crippen LogP contribution in [0.1, 0.15) is 20.9 Å². The molecule has 0 bridgehead atoms. The van der Waals surface area contributed by atoms with Gasteiger partial charge >= 0.3 is 0 Å². The Balaban J connectivity index is 2.07. The fraction of sp³-hybridized carbons (Fsp3) is 0.188. The minimum absolute atomic E-state index is 0.142. The van der Waals surface area contributed by atoms with Gasteiger partial charge in [-0.15, -0.1) is 0 Å². The van der Waals surface area contributed by atoms with Crippen molar-refractivity contribution in [2.24, 2.45) is 0 Å². The minimum atomic E-state index is -0.348. The molecule has 2 amide bonds. The van der Waals surface area contributed by atoms with Crippen LogP contribution in [0.5, 0.6) is 0 Å². The first-order chi connectivity index (χ1) is 11.3. The van der Waals surface area contributed by atoms with Crippen LogP contribution in [0.3, 0.4) is 0 Å². The summed E-state index contributed by atoms with van der Waals surface area (Å²) in [7, 11) is 3.33. The van der Waals surface area contributed by atoms with Crippen molar-refractivity contribution in [3.05, 3.63) is 50.5 Å². The molecule has 0 fully saturated rings. The van der Waals surface area contributed by atoms with E-state index in [1.807, 2.05) is 0 Å².